The fraction of sp³-hybridized carbons (Fsp3) is 0.344. The zero-order valence-corrected chi connectivity index (χ0v) is 24.6. The molecule has 1 unspecified atom stereocenters. The number of rotatable bonds is 9. The topological polar surface area (TPSA) is 97.2 Å². The lowest BCUT2D eigenvalue weighted by Crippen LogP contribution is -2.14. The Morgan fingerprint density at radius 2 is 1.75 bits per heavy atom. The normalized spacial score (nSPS) is 11.8. The molecule has 0 aliphatic carbocycles. The number of ether oxygens (including phenoxy) is 1. The van der Waals surface area contributed by atoms with Crippen LogP contribution in [0.4, 0.5) is 0 Å². The van der Waals surface area contributed by atoms with Crippen LogP contribution in [0.25, 0.3) is 43.4 Å². The second-order valence-electron chi connectivity index (χ2n) is 9.77. The predicted molar refractivity (Wildman–Crippen MR) is 166 cm³/mol. The third kappa shape index (κ3) is 6.35. The van der Waals surface area contributed by atoms with Crippen LogP contribution in [0.2, 0.25) is 0 Å². The van der Waals surface area contributed by atoms with Gasteiger partial charge in [0.05, 0.1) is 18.2 Å². The van der Waals surface area contributed by atoms with Gasteiger partial charge in [0.2, 0.25) is 5.43 Å². The van der Waals surface area contributed by atoms with Gasteiger partial charge < -0.3 is 14.5 Å². The third-order valence-electron chi connectivity index (χ3n) is 6.86. The first-order valence-electron chi connectivity index (χ1n) is 13.8. The third-order valence-corrected chi connectivity index (χ3v) is 7.83. The van der Waals surface area contributed by atoms with Gasteiger partial charge in [-0.3, -0.25) is 9.59 Å². The molecular formula is C32H37N3O4S. The number of hydrogen-bond donors (Lipinski definition) is 2. The van der Waals surface area contributed by atoms with Crippen LogP contribution in [0.3, 0.4) is 0 Å². The van der Waals surface area contributed by atoms with Crippen molar-refractivity contribution in [3.8, 4) is 28.1 Å². The van der Waals surface area contributed by atoms with Gasteiger partial charge in [-0.25, -0.2) is 5.10 Å². The van der Waals surface area contributed by atoms with Gasteiger partial charge in [0.25, 0.3) is 5.56 Å². The Kier molecular flexibility index (Phi) is 9.90. The van der Waals surface area contributed by atoms with Crippen LogP contribution in [0.15, 0.2) is 67.9 Å². The number of methoxy groups -OCH3 is 1. The molecule has 5 aromatic rings. The van der Waals surface area contributed by atoms with Crippen LogP contribution in [-0.2, 0) is 0 Å². The Balaban J connectivity index is 0.000000470. The fourth-order valence-corrected chi connectivity index (χ4v) is 5.32. The minimum absolute atomic E-state index is 0.0145. The molecule has 0 aliphatic heterocycles. The van der Waals surface area contributed by atoms with E-state index < -0.39 is 0 Å². The van der Waals surface area contributed by atoms with Crippen molar-refractivity contribution in [3.63, 3.8) is 0 Å². The number of nitrogens with one attached hydrogen (secondary N) is 2. The zero-order valence-electron chi connectivity index (χ0n) is 23.8. The fourth-order valence-electron chi connectivity index (χ4n) is 4.41. The van der Waals surface area contributed by atoms with Crippen molar-refractivity contribution < 1.29 is 9.15 Å². The van der Waals surface area contributed by atoms with Gasteiger partial charge in [-0.15, -0.1) is 11.3 Å². The highest BCUT2D eigenvalue weighted by Crippen LogP contribution is 2.36. The highest BCUT2D eigenvalue weighted by molar-refractivity contribution is 7.17. The summed E-state index contributed by atoms with van der Waals surface area (Å²) in [7, 11) is 1.59. The quantitative estimate of drug-likeness (QED) is 0.183. The minimum atomic E-state index is -0.254. The number of aromatic nitrogens is 2. The number of thiophene rings is 1. The molecule has 0 saturated heterocycles. The van der Waals surface area contributed by atoms with Crippen LogP contribution in [0, 0.1) is 0 Å². The number of hydrogen-bond acceptors (Lipinski definition) is 7. The molecule has 5 rings (SSSR count). The molecule has 210 valence electrons. The summed E-state index contributed by atoms with van der Waals surface area (Å²) in [6.45, 7) is 10.8. The zero-order chi connectivity index (χ0) is 28.6. The molecule has 3 aromatic heterocycles. The van der Waals surface area contributed by atoms with E-state index in [0.29, 0.717) is 38.3 Å². The van der Waals surface area contributed by atoms with E-state index in [1.54, 1.807) is 25.3 Å². The average molecular weight is 560 g/mol. The number of H-pyrrole nitrogens is 1. The van der Waals surface area contributed by atoms with Crippen LogP contribution >= 0.6 is 11.3 Å². The summed E-state index contributed by atoms with van der Waals surface area (Å²) < 4.78 is 12.2. The van der Waals surface area contributed by atoms with Crippen molar-refractivity contribution in [2.75, 3.05) is 20.2 Å². The van der Waals surface area contributed by atoms with Crippen LogP contribution in [0.5, 0.6) is 5.75 Å². The molecule has 0 amide bonds. The molecule has 0 fully saturated rings. The molecule has 0 radical (unpaired) electrons. The number of benzene rings is 2. The first-order valence-corrected chi connectivity index (χ1v) is 14.7. The van der Waals surface area contributed by atoms with Crippen molar-refractivity contribution in [1.82, 2.24) is 15.5 Å². The summed E-state index contributed by atoms with van der Waals surface area (Å²) >= 11 is 1.39. The molecule has 40 heavy (non-hydrogen) atoms. The standard InChI is InChI=1S/C26H22N2O4S.C6H15N/c1-4-14(2)22-12-21(29)25-24(32-22)20(13-33-25)15-6-5-7-16(10-15)23-19-11-17(31-3)8-9-18(19)26(30)28-27-23;1-3-5-7-6-4-2/h5-14H,4H2,1-3H3,(H,28,30);7H,3-6H2,1-2H3. The molecule has 1 atom stereocenters. The molecule has 0 bridgehead atoms. The molecule has 0 saturated carbocycles. The summed E-state index contributed by atoms with van der Waals surface area (Å²) in [5.41, 5.74) is 3.60. The predicted octanol–water partition coefficient (Wildman–Crippen LogP) is 7.34. The van der Waals surface area contributed by atoms with Crippen LogP contribution in [0.1, 0.15) is 58.6 Å². The lowest BCUT2D eigenvalue weighted by atomic mass is 10.00. The van der Waals surface area contributed by atoms with E-state index >= 15 is 0 Å². The molecule has 8 heteroatoms. The van der Waals surface area contributed by atoms with E-state index in [-0.39, 0.29) is 16.9 Å². The lowest BCUT2D eigenvalue weighted by Gasteiger charge is -2.10. The Morgan fingerprint density at radius 1 is 1.00 bits per heavy atom. The molecule has 7 nitrogen and oxygen atoms in total. The largest absolute Gasteiger partial charge is 0.497 e. The van der Waals surface area contributed by atoms with Gasteiger partial charge in [-0.05, 0) is 62.2 Å². The highest BCUT2D eigenvalue weighted by Gasteiger charge is 2.17. The SMILES string of the molecule is CCC(C)c1cc(=O)c2scc(-c3cccc(-c4n[nH]c(=O)c5ccc(OC)cc45)c3)c2o1.CCCNCCC. The summed E-state index contributed by atoms with van der Waals surface area (Å²) in [5.74, 6) is 1.51. The minimum Gasteiger partial charge on any atom is -0.497 e. The first kappa shape index (κ1) is 29.2. The summed E-state index contributed by atoms with van der Waals surface area (Å²) in [6.07, 6.45) is 3.39. The summed E-state index contributed by atoms with van der Waals surface area (Å²) in [6, 6.07) is 14.8. The Bertz CT molecular complexity index is 1700. The Labute approximate surface area is 238 Å². The molecule has 0 aliphatic rings. The molecule has 2 aromatic carbocycles. The van der Waals surface area contributed by atoms with E-state index in [4.69, 9.17) is 9.15 Å². The van der Waals surface area contributed by atoms with Gasteiger partial charge in [-0.2, -0.15) is 5.10 Å². The monoisotopic (exact) mass is 559 g/mol. The van der Waals surface area contributed by atoms with Crippen LogP contribution < -0.4 is 21.0 Å². The Hall–Kier alpha value is -3.75. The maximum absolute atomic E-state index is 12.7. The molecular weight excluding hydrogens is 522 g/mol. The Morgan fingerprint density at radius 3 is 2.45 bits per heavy atom. The van der Waals surface area contributed by atoms with Gasteiger partial charge in [0.1, 0.15) is 16.2 Å². The average Bonchev–Trinajstić information content (AvgIpc) is 3.42. The summed E-state index contributed by atoms with van der Waals surface area (Å²) in [4.78, 5) is 25.0. The van der Waals surface area contributed by atoms with Crippen molar-refractivity contribution in [3.05, 3.63) is 80.2 Å². The molecule has 3 heterocycles. The lowest BCUT2D eigenvalue weighted by molar-refractivity contribution is 0.415. The van der Waals surface area contributed by atoms with Crippen LogP contribution in [-0.4, -0.2) is 30.4 Å². The second-order valence-corrected chi connectivity index (χ2v) is 10.7. The van der Waals surface area contributed by atoms with Crippen molar-refractivity contribution >= 4 is 32.4 Å². The number of nitrogens with zero attached hydrogens (tertiary/aromatic N) is 1. The van der Waals surface area contributed by atoms with Crippen molar-refractivity contribution in [2.24, 2.45) is 0 Å². The number of fused-ring (bicyclic) bond motifs is 2. The van der Waals surface area contributed by atoms with Gasteiger partial charge in [-0.1, -0.05) is 45.9 Å². The van der Waals surface area contributed by atoms with E-state index in [9.17, 15) is 9.59 Å². The summed E-state index contributed by atoms with van der Waals surface area (Å²) in [5, 5.41) is 13.4. The smallest absolute Gasteiger partial charge is 0.272 e. The van der Waals surface area contributed by atoms with E-state index in [0.717, 1.165) is 23.1 Å². The number of aromatic amines is 1. The molecule has 0 spiro atoms. The maximum atomic E-state index is 12.7. The molecule has 2 N–H and O–H groups in total. The maximum Gasteiger partial charge on any atom is 0.272 e. The van der Waals surface area contributed by atoms with E-state index in [2.05, 4.69) is 43.2 Å². The van der Waals surface area contributed by atoms with E-state index in [1.165, 1.54) is 37.3 Å². The van der Waals surface area contributed by atoms with Gasteiger partial charge in [0, 0.05) is 33.9 Å². The van der Waals surface area contributed by atoms with E-state index in [1.807, 2.05) is 35.7 Å². The van der Waals surface area contributed by atoms with Gasteiger partial charge >= 0.3 is 0 Å². The van der Waals surface area contributed by atoms with Crippen molar-refractivity contribution in [1.29, 1.82) is 0 Å². The first-order chi connectivity index (χ1) is 19.4. The second kappa shape index (κ2) is 13.5. The highest BCUT2D eigenvalue weighted by atomic mass is 32.1. The van der Waals surface area contributed by atoms with Crippen molar-refractivity contribution in [2.45, 2.75) is 52.9 Å². The van der Waals surface area contributed by atoms with Gasteiger partial charge in [0.15, 0.2) is 5.58 Å².